The molecule has 12 heavy (non-hydrogen) atoms. The summed E-state index contributed by atoms with van der Waals surface area (Å²) in [5, 5.41) is 0. The Morgan fingerprint density at radius 1 is 1.33 bits per heavy atom. The van der Waals surface area contributed by atoms with E-state index in [0.29, 0.717) is 10.5 Å². The van der Waals surface area contributed by atoms with Gasteiger partial charge in [0.05, 0.1) is 4.90 Å². The summed E-state index contributed by atoms with van der Waals surface area (Å²) in [5.41, 5.74) is 0.654. The van der Waals surface area contributed by atoms with Crippen molar-refractivity contribution in [2.75, 3.05) is 6.26 Å². The molecule has 1 aromatic rings. The Morgan fingerprint density at radius 2 is 1.92 bits per heavy atom. The number of sulfone groups is 1. The molecule has 0 heterocycles. The molecule has 0 radical (unpaired) electrons. The summed E-state index contributed by atoms with van der Waals surface area (Å²) in [6.45, 7) is 0. The molecule has 0 aliphatic carbocycles. The largest absolute Gasteiger partial charge is 0.224 e. The molecule has 0 bridgehead atoms. The number of hydrogen-bond acceptors (Lipinski definition) is 2. The van der Waals surface area contributed by atoms with Gasteiger partial charge in [-0.1, -0.05) is 18.2 Å². The van der Waals surface area contributed by atoms with Crippen LogP contribution in [0.15, 0.2) is 29.2 Å². The van der Waals surface area contributed by atoms with Gasteiger partial charge in [-0.2, -0.15) is 0 Å². The Labute approximate surface area is 77.1 Å². The van der Waals surface area contributed by atoms with Crippen molar-refractivity contribution in [1.29, 1.82) is 0 Å². The molecule has 0 N–H and O–H groups in total. The molecule has 0 aliphatic rings. The van der Waals surface area contributed by atoms with E-state index < -0.39 is 9.84 Å². The standard InChI is InChI=1S/C8H9ClO2S/c1-12(10,11)8-5-3-2-4-7(8)6-9/h2-5H,6H2,1H3. The zero-order valence-corrected chi connectivity index (χ0v) is 8.19. The van der Waals surface area contributed by atoms with Gasteiger partial charge in [0.1, 0.15) is 0 Å². The maximum Gasteiger partial charge on any atom is 0.175 e. The van der Waals surface area contributed by atoms with Crippen molar-refractivity contribution in [3.8, 4) is 0 Å². The lowest BCUT2D eigenvalue weighted by molar-refractivity contribution is 0.601. The average molecular weight is 205 g/mol. The van der Waals surface area contributed by atoms with Crippen molar-refractivity contribution in [3.63, 3.8) is 0 Å². The summed E-state index contributed by atoms with van der Waals surface area (Å²) >= 11 is 5.57. The Balaban J connectivity index is 3.33. The lowest BCUT2D eigenvalue weighted by atomic mass is 10.2. The smallest absolute Gasteiger partial charge is 0.175 e. The van der Waals surface area contributed by atoms with Crippen molar-refractivity contribution in [2.24, 2.45) is 0 Å². The Bertz CT molecular complexity index is 370. The van der Waals surface area contributed by atoms with E-state index in [0.717, 1.165) is 0 Å². The quantitative estimate of drug-likeness (QED) is 0.689. The van der Waals surface area contributed by atoms with Crippen molar-refractivity contribution >= 4 is 21.4 Å². The lowest BCUT2D eigenvalue weighted by Crippen LogP contribution is -2.00. The minimum absolute atomic E-state index is 0.225. The third-order valence-electron chi connectivity index (χ3n) is 1.52. The molecule has 66 valence electrons. The van der Waals surface area contributed by atoms with Crippen molar-refractivity contribution in [2.45, 2.75) is 10.8 Å². The van der Waals surface area contributed by atoms with E-state index in [-0.39, 0.29) is 5.88 Å². The van der Waals surface area contributed by atoms with Crippen molar-refractivity contribution in [3.05, 3.63) is 29.8 Å². The fourth-order valence-corrected chi connectivity index (χ4v) is 2.23. The maximum absolute atomic E-state index is 11.2. The van der Waals surface area contributed by atoms with Gasteiger partial charge < -0.3 is 0 Å². The molecular formula is C8H9ClO2S. The van der Waals surface area contributed by atoms with Crippen LogP contribution in [0.4, 0.5) is 0 Å². The topological polar surface area (TPSA) is 34.1 Å². The molecule has 0 atom stereocenters. The third-order valence-corrected chi connectivity index (χ3v) is 3.00. The highest BCUT2D eigenvalue weighted by atomic mass is 35.5. The zero-order valence-electron chi connectivity index (χ0n) is 6.62. The SMILES string of the molecule is CS(=O)(=O)c1ccccc1CCl. The molecule has 0 amide bonds. The van der Waals surface area contributed by atoms with Crippen LogP contribution in [0.1, 0.15) is 5.56 Å². The zero-order chi connectivity index (χ0) is 9.19. The molecular weight excluding hydrogens is 196 g/mol. The molecule has 0 unspecified atom stereocenters. The van der Waals surface area contributed by atoms with Gasteiger partial charge in [0.25, 0.3) is 0 Å². The number of hydrogen-bond donors (Lipinski definition) is 0. The predicted molar refractivity (Wildman–Crippen MR) is 49.1 cm³/mol. The lowest BCUT2D eigenvalue weighted by Gasteiger charge is -2.02. The van der Waals surface area contributed by atoms with Crippen LogP contribution in [-0.2, 0) is 15.7 Å². The van der Waals surface area contributed by atoms with Gasteiger partial charge in [-0.25, -0.2) is 8.42 Å². The minimum atomic E-state index is -3.13. The Kier molecular flexibility index (Phi) is 2.75. The first-order valence-corrected chi connectivity index (χ1v) is 5.82. The van der Waals surface area contributed by atoms with Crippen LogP contribution in [0.3, 0.4) is 0 Å². The van der Waals surface area contributed by atoms with E-state index in [2.05, 4.69) is 0 Å². The molecule has 0 saturated carbocycles. The maximum atomic E-state index is 11.2. The summed E-state index contributed by atoms with van der Waals surface area (Å²) in [6, 6.07) is 6.73. The highest BCUT2D eigenvalue weighted by Crippen LogP contribution is 2.16. The van der Waals surface area contributed by atoms with E-state index in [9.17, 15) is 8.42 Å². The number of rotatable bonds is 2. The molecule has 2 nitrogen and oxygen atoms in total. The highest BCUT2D eigenvalue weighted by molar-refractivity contribution is 7.90. The number of benzene rings is 1. The van der Waals surface area contributed by atoms with Crippen molar-refractivity contribution in [1.82, 2.24) is 0 Å². The van der Waals surface area contributed by atoms with E-state index in [1.807, 2.05) is 0 Å². The van der Waals surface area contributed by atoms with Crippen LogP contribution in [-0.4, -0.2) is 14.7 Å². The van der Waals surface area contributed by atoms with E-state index in [1.54, 1.807) is 24.3 Å². The summed E-state index contributed by atoms with van der Waals surface area (Å²) in [7, 11) is -3.13. The monoisotopic (exact) mass is 204 g/mol. The molecule has 0 spiro atoms. The van der Waals surface area contributed by atoms with Gasteiger partial charge in [-0.05, 0) is 11.6 Å². The van der Waals surface area contributed by atoms with Crippen LogP contribution in [0.2, 0.25) is 0 Å². The predicted octanol–water partition coefficient (Wildman–Crippen LogP) is 1.83. The summed E-state index contributed by atoms with van der Waals surface area (Å²) < 4.78 is 22.3. The van der Waals surface area contributed by atoms with Crippen LogP contribution >= 0.6 is 11.6 Å². The molecule has 1 aromatic carbocycles. The fraction of sp³-hybridized carbons (Fsp3) is 0.250. The number of halogens is 1. The minimum Gasteiger partial charge on any atom is -0.224 e. The Hall–Kier alpha value is -0.540. The van der Waals surface area contributed by atoms with E-state index >= 15 is 0 Å². The van der Waals surface area contributed by atoms with Crippen LogP contribution in [0.5, 0.6) is 0 Å². The van der Waals surface area contributed by atoms with Gasteiger partial charge in [-0.3, -0.25) is 0 Å². The van der Waals surface area contributed by atoms with Gasteiger partial charge >= 0.3 is 0 Å². The first-order chi connectivity index (χ1) is 5.55. The van der Waals surface area contributed by atoms with Crippen molar-refractivity contribution < 1.29 is 8.42 Å². The first-order valence-electron chi connectivity index (χ1n) is 3.39. The molecule has 0 aromatic heterocycles. The summed E-state index contributed by atoms with van der Waals surface area (Å²) in [6.07, 6.45) is 1.18. The molecule has 0 aliphatic heterocycles. The molecule has 1 rings (SSSR count). The molecule has 0 fully saturated rings. The van der Waals surface area contributed by atoms with E-state index in [1.165, 1.54) is 6.26 Å². The second kappa shape index (κ2) is 3.46. The van der Waals surface area contributed by atoms with Crippen LogP contribution in [0.25, 0.3) is 0 Å². The summed E-state index contributed by atoms with van der Waals surface area (Å²) in [5.74, 6) is 0.225. The Morgan fingerprint density at radius 3 is 2.33 bits per heavy atom. The molecule has 0 saturated heterocycles. The first kappa shape index (κ1) is 9.55. The van der Waals surface area contributed by atoms with E-state index in [4.69, 9.17) is 11.6 Å². The average Bonchev–Trinajstić information content (AvgIpc) is 2.03. The summed E-state index contributed by atoms with van der Waals surface area (Å²) in [4.78, 5) is 0.319. The van der Waals surface area contributed by atoms with Crippen LogP contribution < -0.4 is 0 Å². The third kappa shape index (κ3) is 1.99. The van der Waals surface area contributed by atoms with Crippen LogP contribution in [0, 0.1) is 0 Å². The van der Waals surface area contributed by atoms with Gasteiger partial charge in [0.15, 0.2) is 9.84 Å². The fourth-order valence-electron chi connectivity index (χ4n) is 0.976. The normalized spacial score (nSPS) is 11.5. The van der Waals surface area contributed by atoms with Gasteiger partial charge in [0.2, 0.25) is 0 Å². The van der Waals surface area contributed by atoms with Gasteiger partial charge in [0, 0.05) is 12.1 Å². The second-order valence-corrected chi connectivity index (χ2v) is 4.76. The molecule has 4 heteroatoms. The highest BCUT2D eigenvalue weighted by Gasteiger charge is 2.10. The number of alkyl halides is 1. The van der Waals surface area contributed by atoms with Gasteiger partial charge in [-0.15, -0.1) is 11.6 Å². The second-order valence-electron chi connectivity index (χ2n) is 2.51.